The van der Waals surface area contributed by atoms with E-state index in [1.807, 2.05) is 0 Å². The highest BCUT2D eigenvalue weighted by Gasteiger charge is 2.47. The van der Waals surface area contributed by atoms with Crippen LogP contribution in [0.2, 0.25) is 13.1 Å². The third-order valence-electron chi connectivity index (χ3n) is 1.69. The van der Waals surface area contributed by atoms with Gasteiger partial charge in [-0.3, -0.25) is 3.87 Å². The Kier molecular flexibility index (Phi) is 26.1. The Bertz CT molecular complexity index is 510. The van der Waals surface area contributed by atoms with Crippen molar-refractivity contribution in [3.63, 3.8) is 0 Å². The molecular formula is C8H27F3I2N2O6S2Si2. The molecule has 25 heavy (non-hydrogen) atoms. The molecule has 0 aliphatic heterocycles. The predicted molar refractivity (Wildman–Crippen MR) is 118 cm³/mol. The highest BCUT2D eigenvalue weighted by atomic mass is 128. The van der Waals surface area contributed by atoms with Crippen LogP contribution in [0.4, 0.5) is 13.2 Å². The summed E-state index contributed by atoms with van der Waals surface area (Å²) in [5.74, 6) is 0. The number of hydrogen-bond acceptors (Lipinski definition) is 8. The van der Waals surface area contributed by atoms with Gasteiger partial charge in [0.05, 0.1) is 6.26 Å². The monoisotopic (exact) mass is 678 g/mol. The maximum absolute atomic E-state index is 11.6. The molecule has 0 saturated heterocycles. The summed E-state index contributed by atoms with van der Waals surface area (Å²) in [7, 11) is -9.74. The fourth-order valence-electron chi connectivity index (χ4n) is 0.603. The van der Waals surface area contributed by atoms with E-state index in [0.717, 1.165) is 6.26 Å². The van der Waals surface area contributed by atoms with E-state index in [1.165, 1.54) is 13.6 Å². The average molecular weight is 678 g/mol. The van der Waals surface area contributed by atoms with Crippen LogP contribution in [-0.4, -0.2) is 61.1 Å². The third-order valence-corrected chi connectivity index (χ3v) is 8.60. The van der Waals surface area contributed by atoms with Crippen LogP contribution in [0.5, 0.6) is 0 Å². The summed E-state index contributed by atoms with van der Waals surface area (Å²) >= 11 is 4.24. The Morgan fingerprint density at radius 2 is 1.16 bits per heavy atom. The van der Waals surface area contributed by atoms with E-state index < -0.39 is 44.1 Å². The maximum Gasteiger partial charge on any atom is 0.522 e. The normalized spacial score (nSPS) is 13.5. The fourth-order valence-corrected chi connectivity index (χ4v) is 5.43. The first-order valence-electron chi connectivity index (χ1n) is 5.53. The van der Waals surface area contributed by atoms with E-state index in [9.17, 15) is 30.0 Å². The van der Waals surface area contributed by atoms with Crippen LogP contribution in [0.25, 0.3) is 0 Å². The molecule has 0 aliphatic carbocycles. The molecule has 0 saturated carbocycles. The first-order valence-corrected chi connectivity index (χ1v) is 19.4. The Hall–Kier alpha value is 1.42. The summed E-state index contributed by atoms with van der Waals surface area (Å²) < 4.78 is 84.5. The van der Waals surface area contributed by atoms with E-state index >= 15 is 0 Å². The minimum atomic E-state index is -5.41. The molecule has 2 unspecified atom stereocenters. The lowest BCUT2D eigenvalue weighted by Gasteiger charge is -2.11. The fraction of sp³-hybridized carbons (Fsp3) is 1.00. The van der Waals surface area contributed by atoms with Gasteiger partial charge in [0.25, 0.3) is 28.5 Å². The Balaban J connectivity index is -0.0000000926. The molecule has 0 aromatic rings. The summed E-state index contributed by atoms with van der Waals surface area (Å²) in [5, 5.41) is 0. The first kappa shape index (κ1) is 37.2. The molecule has 0 aromatic carbocycles. The zero-order chi connectivity index (χ0) is 19.5. The van der Waals surface area contributed by atoms with E-state index in [4.69, 9.17) is 0 Å². The summed E-state index contributed by atoms with van der Waals surface area (Å²) in [6.45, 7) is 3.03. The van der Waals surface area contributed by atoms with Gasteiger partial charge in [-0.1, -0.05) is 14.9 Å². The second-order valence-corrected chi connectivity index (χ2v) is 11.7. The molecule has 0 heterocycles. The summed E-state index contributed by atoms with van der Waals surface area (Å²) in [6, 6.07) is 0. The van der Waals surface area contributed by atoms with Crippen molar-refractivity contribution in [3.8, 4) is 0 Å². The van der Waals surface area contributed by atoms with Crippen molar-refractivity contribution < 1.29 is 37.8 Å². The van der Waals surface area contributed by atoms with E-state index in [2.05, 4.69) is 54.9 Å². The first-order chi connectivity index (χ1) is 10.2. The lowest BCUT2D eigenvalue weighted by molar-refractivity contribution is -0.0502. The maximum atomic E-state index is 11.6. The van der Waals surface area contributed by atoms with Gasteiger partial charge in [0.1, 0.15) is 0 Å². The number of nitrogens with one attached hydrogen (secondary N) is 2. The average Bonchev–Trinajstić information content (AvgIpc) is 2.37. The molecule has 0 spiro atoms. The van der Waals surface area contributed by atoms with E-state index in [0.29, 0.717) is 0 Å². The number of hydrogen-bond donors (Lipinski definition) is 2. The topological polar surface area (TPSA) is 111 Å². The van der Waals surface area contributed by atoms with Crippen LogP contribution < -0.4 is 9.96 Å². The molecule has 0 fully saturated rings. The minimum absolute atomic E-state index is 0. The molecule has 17 heteroatoms. The van der Waals surface area contributed by atoms with Gasteiger partial charge in [-0.25, -0.2) is 8.42 Å². The van der Waals surface area contributed by atoms with Crippen molar-refractivity contribution >= 4 is 75.9 Å². The zero-order valence-electron chi connectivity index (χ0n) is 12.8. The second-order valence-electron chi connectivity index (χ2n) is 3.66. The molecule has 160 valence electrons. The largest absolute Gasteiger partial charge is 0.522 e. The van der Waals surface area contributed by atoms with Crippen molar-refractivity contribution in [1.82, 2.24) is 9.96 Å². The molecule has 0 aromatic heterocycles. The molecule has 0 bridgehead atoms. The third kappa shape index (κ3) is 23.4. The standard InChI is InChI=1S/C3H8F3NO3SSi.C3H11NO3SSi.2CH4.I2/c1-7-12(2)10-11(8,9)3(4,5)6;1-4-9(3)7-8(2,5)6;;;1-2/h7,12H,1-2H3;4,9H,1-3H3;2*1H4;. The molecule has 2 atom stereocenters. The van der Waals surface area contributed by atoms with Gasteiger partial charge < -0.3 is 13.8 Å². The van der Waals surface area contributed by atoms with Crippen molar-refractivity contribution in [3.05, 3.63) is 0 Å². The molecule has 2 N–H and O–H groups in total. The quantitative estimate of drug-likeness (QED) is 0.250. The second kappa shape index (κ2) is 17.5. The van der Waals surface area contributed by atoms with Crippen molar-refractivity contribution in [2.45, 2.75) is 33.5 Å². The lowest BCUT2D eigenvalue weighted by Crippen LogP contribution is -2.38. The number of halogens is 5. The molecule has 0 amide bonds. The van der Waals surface area contributed by atoms with Crippen LogP contribution >= 0.6 is 37.2 Å². The van der Waals surface area contributed by atoms with Crippen LogP contribution in [0.1, 0.15) is 14.9 Å². The van der Waals surface area contributed by atoms with Crippen molar-refractivity contribution in [1.29, 1.82) is 0 Å². The molecule has 8 nitrogen and oxygen atoms in total. The SMILES string of the molecule is C.C.CN[SiH](C)OS(=O)(=O)C(F)(F)F.CN[SiH](C)OS(C)(=O)=O.II. The smallest absolute Gasteiger partial charge is 0.321 e. The van der Waals surface area contributed by atoms with Crippen molar-refractivity contribution in [2.75, 3.05) is 20.4 Å². The predicted octanol–water partition coefficient (Wildman–Crippen LogP) is 2.00. The lowest BCUT2D eigenvalue weighted by atomic mass is 11.6. The van der Waals surface area contributed by atoms with Gasteiger partial charge in [0, 0.05) is 37.2 Å². The summed E-state index contributed by atoms with van der Waals surface area (Å²) in [5.41, 5.74) is -5.33. The van der Waals surface area contributed by atoms with Gasteiger partial charge in [0.15, 0.2) is 0 Å². The van der Waals surface area contributed by atoms with Gasteiger partial charge in [0.2, 0.25) is 0 Å². The van der Waals surface area contributed by atoms with Gasteiger partial charge in [-0.2, -0.15) is 21.6 Å². The summed E-state index contributed by atoms with van der Waals surface area (Å²) in [6.07, 6.45) is 1.05. The number of rotatable bonds is 6. The Morgan fingerprint density at radius 1 is 0.880 bits per heavy atom. The van der Waals surface area contributed by atoms with Crippen molar-refractivity contribution in [2.24, 2.45) is 0 Å². The van der Waals surface area contributed by atoms with Gasteiger partial charge >= 0.3 is 15.6 Å². The van der Waals surface area contributed by atoms with Gasteiger partial charge in [-0.15, -0.1) is 0 Å². The minimum Gasteiger partial charge on any atom is -0.321 e. The number of alkyl halides is 3. The van der Waals surface area contributed by atoms with Crippen LogP contribution in [-0.2, 0) is 28.0 Å². The van der Waals surface area contributed by atoms with Gasteiger partial charge in [-0.05, 0) is 27.2 Å². The highest BCUT2D eigenvalue weighted by molar-refractivity contribution is 15.0. The molecule has 0 radical (unpaired) electrons. The zero-order valence-corrected chi connectivity index (χ0v) is 21.1. The molecule has 0 aliphatic rings. The molecule has 0 rings (SSSR count). The van der Waals surface area contributed by atoms with E-state index in [1.54, 1.807) is 13.6 Å². The van der Waals surface area contributed by atoms with E-state index in [-0.39, 0.29) is 14.9 Å². The Morgan fingerprint density at radius 3 is 1.32 bits per heavy atom. The van der Waals surface area contributed by atoms with Crippen LogP contribution in [0.15, 0.2) is 0 Å². The van der Waals surface area contributed by atoms with Crippen LogP contribution in [0.3, 0.4) is 0 Å². The summed E-state index contributed by atoms with van der Waals surface area (Å²) in [4.78, 5) is 5.09. The molecular weight excluding hydrogens is 651 g/mol. The Labute approximate surface area is 176 Å². The van der Waals surface area contributed by atoms with Crippen LogP contribution in [0, 0.1) is 0 Å². The highest BCUT2D eigenvalue weighted by Crippen LogP contribution is 2.24.